The van der Waals surface area contributed by atoms with Crippen LogP contribution in [0.2, 0.25) is 0 Å². The van der Waals surface area contributed by atoms with Crippen molar-refractivity contribution < 1.29 is 28.5 Å². The largest absolute Gasteiger partial charge is 0.497 e. The van der Waals surface area contributed by atoms with Crippen molar-refractivity contribution >= 4 is 17.7 Å². The fraction of sp³-hybridized carbons (Fsp3) is 0.385. The van der Waals surface area contributed by atoms with E-state index in [4.69, 9.17) is 18.9 Å². The Bertz CT molecular complexity index is 1030. The average molecular weight is 469 g/mol. The Morgan fingerprint density at radius 2 is 1.74 bits per heavy atom. The summed E-state index contributed by atoms with van der Waals surface area (Å²) in [4.78, 5) is 25.7. The maximum Gasteiger partial charge on any atom is 0.338 e. The molecule has 2 aromatic carbocycles. The number of methoxy groups -OCH3 is 2. The van der Waals surface area contributed by atoms with E-state index >= 15 is 0 Å². The fourth-order valence-electron chi connectivity index (χ4n) is 3.75. The first-order valence-corrected chi connectivity index (χ1v) is 11.5. The monoisotopic (exact) mass is 468 g/mol. The van der Waals surface area contributed by atoms with Gasteiger partial charge in [-0.05, 0) is 60.9 Å². The van der Waals surface area contributed by atoms with Gasteiger partial charge in [0.15, 0.2) is 11.5 Å². The number of carbonyl (C=O) groups is 2. The SMILES string of the molecule is CCCCCOc1ccc(C2NC(=O)NC(c3ccc(OC)cc3)=C2C(=O)OCC)cc1OC. The molecule has 0 saturated heterocycles. The third-order valence-corrected chi connectivity index (χ3v) is 5.47. The molecule has 0 fully saturated rings. The van der Waals surface area contributed by atoms with E-state index in [0.29, 0.717) is 46.3 Å². The van der Waals surface area contributed by atoms with Gasteiger partial charge in [-0.2, -0.15) is 0 Å². The summed E-state index contributed by atoms with van der Waals surface area (Å²) < 4.78 is 22.0. The Labute approximate surface area is 200 Å². The van der Waals surface area contributed by atoms with Crippen molar-refractivity contribution in [3.05, 3.63) is 59.2 Å². The molecule has 2 N–H and O–H groups in total. The standard InChI is InChI=1S/C26H32N2O6/c1-5-7-8-15-34-20-14-11-18(16-21(20)32-4)24-22(25(29)33-6-2)23(27-26(30)28-24)17-9-12-19(31-3)13-10-17/h9-14,16,24H,5-8,15H2,1-4H3,(H2,27,28,30). The number of urea groups is 1. The summed E-state index contributed by atoms with van der Waals surface area (Å²) in [5, 5.41) is 5.62. The van der Waals surface area contributed by atoms with Crippen LogP contribution >= 0.6 is 0 Å². The predicted octanol–water partition coefficient (Wildman–Crippen LogP) is 4.60. The molecule has 8 nitrogen and oxygen atoms in total. The highest BCUT2D eigenvalue weighted by atomic mass is 16.5. The Morgan fingerprint density at radius 3 is 2.38 bits per heavy atom. The Balaban J connectivity index is 2.03. The van der Waals surface area contributed by atoms with Crippen LogP contribution in [-0.4, -0.2) is 39.4 Å². The van der Waals surface area contributed by atoms with Crippen molar-refractivity contribution in [1.29, 1.82) is 0 Å². The molecule has 1 aliphatic rings. The Morgan fingerprint density at radius 1 is 0.971 bits per heavy atom. The quantitative estimate of drug-likeness (QED) is 0.370. The summed E-state index contributed by atoms with van der Waals surface area (Å²) >= 11 is 0. The van der Waals surface area contributed by atoms with Crippen LogP contribution in [0.25, 0.3) is 5.70 Å². The second kappa shape index (κ2) is 12.0. The van der Waals surface area contributed by atoms with Gasteiger partial charge in [0, 0.05) is 0 Å². The van der Waals surface area contributed by atoms with Crippen LogP contribution in [0, 0.1) is 0 Å². The number of hydrogen-bond acceptors (Lipinski definition) is 6. The molecule has 0 bridgehead atoms. The maximum atomic E-state index is 13.1. The van der Waals surface area contributed by atoms with E-state index < -0.39 is 18.0 Å². The minimum absolute atomic E-state index is 0.201. The van der Waals surface area contributed by atoms with Crippen LogP contribution in [0.15, 0.2) is 48.0 Å². The Hall–Kier alpha value is -3.68. The van der Waals surface area contributed by atoms with E-state index in [0.717, 1.165) is 19.3 Å². The normalized spacial score (nSPS) is 15.3. The first kappa shape index (κ1) is 25.0. The second-order valence-corrected chi connectivity index (χ2v) is 7.73. The first-order valence-electron chi connectivity index (χ1n) is 11.5. The number of nitrogens with one attached hydrogen (secondary N) is 2. The van der Waals surface area contributed by atoms with E-state index in [-0.39, 0.29) is 6.61 Å². The van der Waals surface area contributed by atoms with Crippen molar-refractivity contribution in [2.24, 2.45) is 0 Å². The van der Waals surface area contributed by atoms with E-state index in [9.17, 15) is 9.59 Å². The van der Waals surface area contributed by atoms with Crippen molar-refractivity contribution in [3.63, 3.8) is 0 Å². The zero-order valence-electron chi connectivity index (χ0n) is 20.1. The fourth-order valence-corrected chi connectivity index (χ4v) is 3.75. The Kier molecular flexibility index (Phi) is 8.79. The molecule has 8 heteroatoms. The van der Waals surface area contributed by atoms with Gasteiger partial charge in [0.05, 0.1) is 44.7 Å². The molecular weight excluding hydrogens is 436 g/mol. The van der Waals surface area contributed by atoms with Crippen LogP contribution < -0.4 is 24.8 Å². The zero-order chi connectivity index (χ0) is 24.5. The summed E-state index contributed by atoms with van der Waals surface area (Å²) in [6.45, 7) is 4.66. The molecule has 1 unspecified atom stereocenters. The van der Waals surface area contributed by atoms with Crippen LogP contribution in [0.5, 0.6) is 17.2 Å². The zero-order valence-corrected chi connectivity index (χ0v) is 20.1. The molecule has 0 aromatic heterocycles. The van der Waals surface area contributed by atoms with Gasteiger partial charge in [-0.25, -0.2) is 9.59 Å². The van der Waals surface area contributed by atoms with Gasteiger partial charge in [-0.3, -0.25) is 0 Å². The summed E-state index contributed by atoms with van der Waals surface area (Å²) in [6, 6.07) is 11.3. The summed E-state index contributed by atoms with van der Waals surface area (Å²) in [7, 11) is 3.13. The number of unbranched alkanes of at least 4 members (excludes halogenated alkanes) is 2. The maximum absolute atomic E-state index is 13.1. The van der Waals surface area contributed by atoms with Crippen LogP contribution in [0.1, 0.15) is 50.3 Å². The predicted molar refractivity (Wildman–Crippen MR) is 129 cm³/mol. The van der Waals surface area contributed by atoms with Gasteiger partial charge in [-0.15, -0.1) is 0 Å². The second-order valence-electron chi connectivity index (χ2n) is 7.73. The smallest absolute Gasteiger partial charge is 0.338 e. The van der Waals surface area contributed by atoms with Gasteiger partial charge >= 0.3 is 12.0 Å². The number of carbonyl (C=O) groups excluding carboxylic acids is 2. The molecule has 2 amide bonds. The van der Waals surface area contributed by atoms with Gasteiger partial charge in [0.25, 0.3) is 0 Å². The van der Waals surface area contributed by atoms with Gasteiger partial charge in [-0.1, -0.05) is 25.8 Å². The highest BCUT2D eigenvalue weighted by molar-refractivity contribution is 6.04. The van der Waals surface area contributed by atoms with Crippen molar-refractivity contribution in [2.45, 2.75) is 39.2 Å². The van der Waals surface area contributed by atoms with Crippen molar-refractivity contribution in [2.75, 3.05) is 27.4 Å². The summed E-state index contributed by atoms with van der Waals surface area (Å²) in [6.07, 6.45) is 3.14. The van der Waals surface area contributed by atoms with Crippen molar-refractivity contribution in [3.8, 4) is 17.2 Å². The lowest BCUT2D eigenvalue weighted by Gasteiger charge is -2.30. The summed E-state index contributed by atoms with van der Waals surface area (Å²) in [5.41, 5.74) is 2.01. The highest BCUT2D eigenvalue weighted by Gasteiger charge is 2.34. The molecule has 0 saturated carbocycles. The molecule has 0 radical (unpaired) electrons. The molecule has 1 aliphatic heterocycles. The van der Waals surface area contributed by atoms with E-state index in [1.165, 1.54) is 0 Å². The third kappa shape index (κ3) is 5.81. The lowest BCUT2D eigenvalue weighted by molar-refractivity contribution is -0.138. The lowest BCUT2D eigenvalue weighted by atomic mass is 9.92. The minimum Gasteiger partial charge on any atom is -0.497 e. The number of rotatable bonds is 11. The minimum atomic E-state index is -0.743. The molecule has 3 rings (SSSR count). The van der Waals surface area contributed by atoms with E-state index in [1.54, 1.807) is 57.5 Å². The summed E-state index contributed by atoms with van der Waals surface area (Å²) in [5.74, 6) is 1.28. The van der Waals surface area contributed by atoms with Gasteiger partial charge < -0.3 is 29.6 Å². The molecule has 0 spiro atoms. The topological polar surface area (TPSA) is 95.1 Å². The molecule has 2 aromatic rings. The number of hydrogen-bond donors (Lipinski definition) is 2. The van der Waals surface area contributed by atoms with Crippen LogP contribution in [0.4, 0.5) is 4.79 Å². The van der Waals surface area contributed by atoms with E-state index in [2.05, 4.69) is 17.6 Å². The number of benzene rings is 2. The lowest BCUT2D eigenvalue weighted by Crippen LogP contribution is -2.45. The van der Waals surface area contributed by atoms with Gasteiger partial charge in [0.1, 0.15) is 5.75 Å². The molecule has 182 valence electrons. The molecule has 0 aliphatic carbocycles. The third-order valence-electron chi connectivity index (χ3n) is 5.47. The van der Waals surface area contributed by atoms with E-state index in [1.807, 2.05) is 6.07 Å². The molecule has 1 atom stereocenters. The van der Waals surface area contributed by atoms with Crippen LogP contribution in [0.3, 0.4) is 0 Å². The van der Waals surface area contributed by atoms with Gasteiger partial charge in [0.2, 0.25) is 0 Å². The number of esters is 1. The first-order chi connectivity index (χ1) is 16.5. The highest BCUT2D eigenvalue weighted by Crippen LogP contribution is 2.36. The number of ether oxygens (including phenoxy) is 4. The average Bonchev–Trinajstić information content (AvgIpc) is 2.86. The molecule has 34 heavy (non-hydrogen) atoms. The van der Waals surface area contributed by atoms with Crippen molar-refractivity contribution in [1.82, 2.24) is 10.6 Å². The molecule has 1 heterocycles. The number of amides is 2. The molecular formula is C26H32N2O6. The van der Waals surface area contributed by atoms with Crippen LogP contribution in [-0.2, 0) is 9.53 Å².